The van der Waals surface area contributed by atoms with E-state index >= 15 is 0 Å². The highest BCUT2D eigenvalue weighted by Crippen LogP contribution is 2.20. The van der Waals surface area contributed by atoms with Crippen LogP contribution in [0.5, 0.6) is 0 Å². The Morgan fingerprint density at radius 3 is 2.58 bits per heavy atom. The first kappa shape index (κ1) is 13.1. The lowest BCUT2D eigenvalue weighted by atomic mass is 10.1. The van der Waals surface area contributed by atoms with E-state index in [-0.39, 0.29) is 0 Å². The Kier molecular flexibility index (Phi) is 4.54. The highest BCUT2D eigenvalue weighted by atomic mass is 16.5. The second-order valence-corrected chi connectivity index (χ2v) is 4.22. The molecular formula is C16H16N2O. The summed E-state index contributed by atoms with van der Waals surface area (Å²) in [6, 6.07) is 18.1. The molecule has 0 unspecified atom stereocenters. The van der Waals surface area contributed by atoms with Crippen molar-refractivity contribution in [3.8, 4) is 6.07 Å². The summed E-state index contributed by atoms with van der Waals surface area (Å²) in [5.74, 6) is 0. The highest BCUT2D eigenvalue weighted by Gasteiger charge is 2.07. The molecule has 1 N–H and O–H groups in total. The minimum Gasteiger partial charge on any atom is -0.380 e. The molecule has 3 nitrogen and oxygen atoms in total. The van der Waals surface area contributed by atoms with E-state index in [0.717, 1.165) is 11.3 Å². The largest absolute Gasteiger partial charge is 0.380 e. The molecule has 0 spiro atoms. The number of nitriles is 1. The summed E-state index contributed by atoms with van der Waals surface area (Å²) in [5, 5.41) is 12.6. The fraction of sp³-hybridized carbons (Fsp3) is 0.188. The minimum absolute atomic E-state index is 0.448. The van der Waals surface area contributed by atoms with E-state index in [4.69, 9.17) is 4.74 Å². The van der Waals surface area contributed by atoms with Crippen molar-refractivity contribution >= 4 is 5.69 Å². The molecule has 19 heavy (non-hydrogen) atoms. The van der Waals surface area contributed by atoms with Gasteiger partial charge in [0.2, 0.25) is 0 Å². The zero-order chi connectivity index (χ0) is 13.5. The van der Waals surface area contributed by atoms with Gasteiger partial charge in [0.05, 0.1) is 17.9 Å². The first-order chi connectivity index (χ1) is 9.35. The number of methoxy groups -OCH3 is 1. The van der Waals surface area contributed by atoms with Gasteiger partial charge in [0.1, 0.15) is 6.07 Å². The van der Waals surface area contributed by atoms with E-state index in [1.165, 1.54) is 5.56 Å². The van der Waals surface area contributed by atoms with E-state index in [2.05, 4.69) is 23.5 Å². The average molecular weight is 252 g/mol. The summed E-state index contributed by atoms with van der Waals surface area (Å²) in [6.45, 7) is 1.15. The normalized spacial score (nSPS) is 9.89. The van der Waals surface area contributed by atoms with Crippen LogP contribution in [0.2, 0.25) is 0 Å². The Hall–Kier alpha value is -2.31. The molecule has 2 aromatic carbocycles. The lowest BCUT2D eigenvalue weighted by molar-refractivity contribution is 0.184. The van der Waals surface area contributed by atoms with E-state index in [1.54, 1.807) is 7.11 Å². The molecule has 0 saturated heterocycles. The molecule has 0 heterocycles. The predicted molar refractivity (Wildman–Crippen MR) is 75.6 cm³/mol. The zero-order valence-electron chi connectivity index (χ0n) is 10.9. The molecule has 0 aliphatic heterocycles. The molecule has 0 amide bonds. The number of anilines is 1. The van der Waals surface area contributed by atoms with Crippen molar-refractivity contribution in [2.45, 2.75) is 13.2 Å². The van der Waals surface area contributed by atoms with Gasteiger partial charge in [0.25, 0.3) is 0 Å². The number of hydrogen-bond acceptors (Lipinski definition) is 3. The third-order valence-corrected chi connectivity index (χ3v) is 2.89. The van der Waals surface area contributed by atoms with Gasteiger partial charge in [-0.2, -0.15) is 5.26 Å². The Balaban J connectivity index is 2.16. The zero-order valence-corrected chi connectivity index (χ0v) is 10.9. The Morgan fingerprint density at radius 2 is 1.89 bits per heavy atom. The van der Waals surface area contributed by atoms with E-state index < -0.39 is 0 Å². The summed E-state index contributed by atoms with van der Waals surface area (Å²) in [4.78, 5) is 0. The van der Waals surface area contributed by atoms with Crippen LogP contribution in [0, 0.1) is 11.3 Å². The molecule has 0 radical (unpaired) electrons. The summed E-state index contributed by atoms with van der Waals surface area (Å²) in [6.07, 6.45) is 0. The van der Waals surface area contributed by atoms with Crippen LogP contribution in [-0.4, -0.2) is 7.11 Å². The van der Waals surface area contributed by atoms with Gasteiger partial charge in [-0.25, -0.2) is 0 Å². The van der Waals surface area contributed by atoms with Crippen molar-refractivity contribution < 1.29 is 4.74 Å². The lowest BCUT2D eigenvalue weighted by Gasteiger charge is -2.11. The SMILES string of the molecule is COCc1cccc(NCc2ccccc2)c1C#N. The third-order valence-electron chi connectivity index (χ3n) is 2.89. The van der Waals surface area contributed by atoms with Crippen molar-refractivity contribution in [1.82, 2.24) is 0 Å². The molecule has 2 aromatic rings. The second-order valence-electron chi connectivity index (χ2n) is 4.22. The fourth-order valence-corrected chi connectivity index (χ4v) is 1.95. The van der Waals surface area contributed by atoms with Gasteiger partial charge in [-0.15, -0.1) is 0 Å². The van der Waals surface area contributed by atoms with Crippen LogP contribution >= 0.6 is 0 Å². The lowest BCUT2D eigenvalue weighted by Crippen LogP contribution is -2.03. The molecule has 0 atom stereocenters. The summed E-state index contributed by atoms with van der Waals surface area (Å²) in [5.41, 5.74) is 3.59. The highest BCUT2D eigenvalue weighted by molar-refractivity contribution is 5.61. The summed E-state index contributed by atoms with van der Waals surface area (Å²) >= 11 is 0. The van der Waals surface area contributed by atoms with E-state index in [9.17, 15) is 5.26 Å². The summed E-state index contributed by atoms with van der Waals surface area (Å²) in [7, 11) is 1.63. The molecule has 0 fully saturated rings. The Morgan fingerprint density at radius 1 is 1.11 bits per heavy atom. The maximum Gasteiger partial charge on any atom is 0.102 e. The van der Waals surface area contributed by atoms with Gasteiger partial charge < -0.3 is 10.1 Å². The van der Waals surface area contributed by atoms with Crippen molar-refractivity contribution in [3.63, 3.8) is 0 Å². The quantitative estimate of drug-likeness (QED) is 0.887. The first-order valence-corrected chi connectivity index (χ1v) is 6.14. The monoisotopic (exact) mass is 252 g/mol. The number of hydrogen-bond donors (Lipinski definition) is 1. The minimum atomic E-state index is 0.448. The van der Waals surface area contributed by atoms with Gasteiger partial charge in [-0.3, -0.25) is 0 Å². The topological polar surface area (TPSA) is 45.0 Å². The number of rotatable bonds is 5. The average Bonchev–Trinajstić information content (AvgIpc) is 2.46. The van der Waals surface area contributed by atoms with Gasteiger partial charge in [0.15, 0.2) is 0 Å². The van der Waals surface area contributed by atoms with Crippen LogP contribution in [0.1, 0.15) is 16.7 Å². The molecular weight excluding hydrogens is 236 g/mol. The third kappa shape index (κ3) is 3.34. The van der Waals surface area contributed by atoms with Gasteiger partial charge in [0, 0.05) is 13.7 Å². The fourth-order valence-electron chi connectivity index (χ4n) is 1.95. The van der Waals surface area contributed by atoms with Gasteiger partial charge in [-0.1, -0.05) is 42.5 Å². The van der Waals surface area contributed by atoms with Crippen molar-refractivity contribution in [3.05, 3.63) is 65.2 Å². The Bertz CT molecular complexity index is 573. The van der Waals surface area contributed by atoms with Crippen molar-refractivity contribution in [1.29, 1.82) is 5.26 Å². The molecule has 0 saturated carbocycles. The van der Waals surface area contributed by atoms with E-state index in [0.29, 0.717) is 18.7 Å². The number of benzene rings is 2. The Labute approximate surface area is 113 Å². The molecule has 96 valence electrons. The van der Waals surface area contributed by atoms with Crippen LogP contribution in [0.3, 0.4) is 0 Å². The molecule has 0 aromatic heterocycles. The molecule has 2 rings (SSSR count). The maximum absolute atomic E-state index is 9.28. The maximum atomic E-state index is 9.28. The molecule has 0 bridgehead atoms. The number of nitrogens with zero attached hydrogens (tertiary/aromatic N) is 1. The van der Waals surface area contributed by atoms with Crippen LogP contribution in [0.15, 0.2) is 48.5 Å². The van der Waals surface area contributed by atoms with Crippen LogP contribution in [0.25, 0.3) is 0 Å². The van der Waals surface area contributed by atoms with Crippen molar-refractivity contribution in [2.24, 2.45) is 0 Å². The smallest absolute Gasteiger partial charge is 0.102 e. The van der Waals surface area contributed by atoms with E-state index in [1.807, 2.05) is 36.4 Å². The first-order valence-electron chi connectivity index (χ1n) is 6.14. The second kappa shape index (κ2) is 6.58. The van der Waals surface area contributed by atoms with Crippen LogP contribution in [0.4, 0.5) is 5.69 Å². The number of nitrogens with one attached hydrogen (secondary N) is 1. The van der Waals surface area contributed by atoms with Gasteiger partial charge >= 0.3 is 0 Å². The molecule has 0 aliphatic rings. The molecule has 3 heteroatoms. The van der Waals surface area contributed by atoms with Crippen LogP contribution < -0.4 is 5.32 Å². The summed E-state index contributed by atoms with van der Waals surface area (Å²) < 4.78 is 5.11. The van der Waals surface area contributed by atoms with Gasteiger partial charge in [-0.05, 0) is 17.2 Å². The van der Waals surface area contributed by atoms with Crippen LogP contribution in [-0.2, 0) is 17.9 Å². The van der Waals surface area contributed by atoms with Crippen molar-refractivity contribution in [2.75, 3.05) is 12.4 Å². The predicted octanol–water partition coefficient (Wildman–Crippen LogP) is 3.32. The number of ether oxygens (including phenoxy) is 1. The standard InChI is InChI=1S/C16H16N2O/c1-19-12-14-8-5-9-16(15(14)10-17)18-11-13-6-3-2-4-7-13/h2-9,18H,11-12H2,1H3. The molecule has 0 aliphatic carbocycles.